The lowest BCUT2D eigenvalue weighted by Crippen LogP contribution is -2.01. The van der Waals surface area contributed by atoms with Crippen molar-refractivity contribution in [3.63, 3.8) is 0 Å². The molecule has 7 heteroatoms. The van der Waals surface area contributed by atoms with Crippen LogP contribution in [0.2, 0.25) is 0 Å². The predicted octanol–water partition coefficient (Wildman–Crippen LogP) is 3.40. The van der Waals surface area contributed by atoms with Crippen LogP contribution in [0.15, 0.2) is 29.1 Å². The van der Waals surface area contributed by atoms with Gasteiger partial charge < -0.3 is 5.32 Å². The van der Waals surface area contributed by atoms with Crippen LogP contribution >= 0.6 is 15.9 Å². The van der Waals surface area contributed by atoms with Crippen LogP contribution in [-0.4, -0.2) is 9.97 Å². The van der Waals surface area contributed by atoms with Gasteiger partial charge in [0.25, 0.3) is 0 Å². The number of halogens is 4. The Balaban J connectivity index is 2.40. The average molecular weight is 304 g/mol. The van der Waals surface area contributed by atoms with Gasteiger partial charge in [0.15, 0.2) is 11.6 Å². The first kappa shape index (κ1) is 11.8. The number of hydrogen-bond donors (Lipinski definition) is 1. The van der Waals surface area contributed by atoms with Crippen molar-refractivity contribution in [3.8, 4) is 0 Å². The second-order valence-corrected chi connectivity index (χ2v) is 3.94. The van der Waals surface area contributed by atoms with Gasteiger partial charge in [0.2, 0.25) is 0 Å². The Kier molecular flexibility index (Phi) is 3.28. The highest BCUT2D eigenvalue weighted by atomic mass is 79.9. The highest BCUT2D eigenvalue weighted by Crippen LogP contribution is 2.26. The van der Waals surface area contributed by atoms with Gasteiger partial charge in [-0.3, -0.25) is 0 Å². The second kappa shape index (κ2) is 4.70. The Hall–Kier alpha value is -1.63. The van der Waals surface area contributed by atoms with E-state index in [0.717, 1.165) is 0 Å². The standard InChI is InChI=1S/C10H5BrF3N3/c11-6-3-15-4-16-10(6)17-9-7(13)1-5(12)2-8(9)14/h1-4H,(H,15,16,17). The third-order valence-electron chi connectivity index (χ3n) is 1.92. The highest BCUT2D eigenvalue weighted by molar-refractivity contribution is 9.10. The van der Waals surface area contributed by atoms with Crippen LogP contribution in [0.5, 0.6) is 0 Å². The molecule has 0 atom stereocenters. The molecule has 0 aliphatic carbocycles. The first-order chi connectivity index (χ1) is 8.08. The number of hydrogen-bond acceptors (Lipinski definition) is 3. The van der Waals surface area contributed by atoms with Crippen LogP contribution in [0.3, 0.4) is 0 Å². The summed E-state index contributed by atoms with van der Waals surface area (Å²) >= 11 is 3.11. The lowest BCUT2D eigenvalue weighted by Gasteiger charge is -2.08. The molecule has 0 spiro atoms. The molecule has 2 rings (SSSR count). The van der Waals surface area contributed by atoms with E-state index in [2.05, 4.69) is 31.2 Å². The van der Waals surface area contributed by atoms with Gasteiger partial charge in [-0.2, -0.15) is 0 Å². The molecular formula is C10H5BrF3N3. The molecule has 88 valence electrons. The number of nitrogens with one attached hydrogen (secondary N) is 1. The number of rotatable bonds is 2. The molecular weight excluding hydrogens is 299 g/mol. The molecule has 1 heterocycles. The number of benzene rings is 1. The maximum atomic E-state index is 13.3. The first-order valence-electron chi connectivity index (χ1n) is 4.45. The molecule has 0 aliphatic rings. The molecule has 1 aromatic heterocycles. The van der Waals surface area contributed by atoms with Gasteiger partial charge in [-0.05, 0) is 15.9 Å². The Labute approximate surface area is 103 Å². The van der Waals surface area contributed by atoms with Gasteiger partial charge in [-0.25, -0.2) is 23.1 Å². The minimum atomic E-state index is -1.03. The molecule has 0 saturated heterocycles. The molecule has 17 heavy (non-hydrogen) atoms. The quantitative estimate of drug-likeness (QED) is 0.924. The fourth-order valence-corrected chi connectivity index (χ4v) is 1.50. The van der Waals surface area contributed by atoms with Gasteiger partial charge in [0.05, 0.1) is 4.47 Å². The monoisotopic (exact) mass is 303 g/mol. The summed E-state index contributed by atoms with van der Waals surface area (Å²) in [6.07, 6.45) is 2.63. The Morgan fingerprint density at radius 2 is 1.76 bits per heavy atom. The molecule has 0 radical (unpaired) electrons. The Morgan fingerprint density at radius 3 is 2.35 bits per heavy atom. The van der Waals surface area contributed by atoms with Crippen LogP contribution in [0.1, 0.15) is 0 Å². The summed E-state index contributed by atoms with van der Waals surface area (Å²) < 4.78 is 39.8. The second-order valence-electron chi connectivity index (χ2n) is 3.09. The summed E-state index contributed by atoms with van der Waals surface area (Å²) in [5.41, 5.74) is -0.467. The van der Waals surface area contributed by atoms with Crippen molar-refractivity contribution in [2.24, 2.45) is 0 Å². The van der Waals surface area contributed by atoms with Crippen molar-refractivity contribution in [2.45, 2.75) is 0 Å². The largest absolute Gasteiger partial charge is 0.334 e. The van der Waals surface area contributed by atoms with Crippen molar-refractivity contribution < 1.29 is 13.2 Å². The van der Waals surface area contributed by atoms with Gasteiger partial charge in [0.1, 0.15) is 23.6 Å². The number of anilines is 2. The van der Waals surface area contributed by atoms with Crippen LogP contribution in [-0.2, 0) is 0 Å². The number of aromatic nitrogens is 2. The Morgan fingerprint density at radius 1 is 1.12 bits per heavy atom. The minimum Gasteiger partial charge on any atom is -0.334 e. The molecule has 0 bridgehead atoms. The SMILES string of the molecule is Fc1cc(F)c(Nc2ncncc2Br)c(F)c1. The number of nitrogens with zero attached hydrogens (tertiary/aromatic N) is 2. The zero-order valence-electron chi connectivity index (χ0n) is 8.22. The normalized spacial score (nSPS) is 10.4. The summed E-state index contributed by atoms with van der Waals surface area (Å²) in [7, 11) is 0. The third-order valence-corrected chi connectivity index (χ3v) is 2.50. The van der Waals surface area contributed by atoms with E-state index in [1.807, 2.05) is 0 Å². The molecule has 1 aromatic carbocycles. The summed E-state index contributed by atoms with van der Waals surface area (Å²) in [6, 6.07) is 1.17. The summed E-state index contributed by atoms with van der Waals surface area (Å²) in [5, 5.41) is 2.42. The van der Waals surface area contributed by atoms with E-state index in [1.165, 1.54) is 12.5 Å². The molecule has 3 nitrogen and oxygen atoms in total. The van der Waals surface area contributed by atoms with E-state index in [4.69, 9.17) is 0 Å². The molecule has 0 fully saturated rings. The van der Waals surface area contributed by atoms with E-state index in [-0.39, 0.29) is 5.82 Å². The fraction of sp³-hybridized carbons (Fsp3) is 0. The lowest BCUT2D eigenvalue weighted by molar-refractivity contribution is 0.548. The summed E-state index contributed by atoms with van der Waals surface area (Å²) in [4.78, 5) is 7.48. The minimum absolute atomic E-state index is 0.185. The average Bonchev–Trinajstić information content (AvgIpc) is 2.25. The predicted molar refractivity (Wildman–Crippen MR) is 59.3 cm³/mol. The maximum absolute atomic E-state index is 13.3. The smallest absolute Gasteiger partial charge is 0.152 e. The molecule has 0 unspecified atom stereocenters. The van der Waals surface area contributed by atoms with Gasteiger partial charge >= 0.3 is 0 Å². The first-order valence-corrected chi connectivity index (χ1v) is 5.24. The fourth-order valence-electron chi connectivity index (χ4n) is 1.18. The third kappa shape index (κ3) is 2.55. The van der Waals surface area contributed by atoms with Crippen molar-refractivity contribution in [2.75, 3.05) is 5.32 Å². The molecule has 0 amide bonds. The van der Waals surface area contributed by atoms with E-state index >= 15 is 0 Å². The van der Waals surface area contributed by atoms with Crippen molar-refractivity contribution in [1.29, 1.82) is 0 Å². The van der Waals surface area contributed by atoms with Gasteiger partial charge in [-0.15, -0.1) is 0 Å². The maximum Gasteiger partial charge on any atom is 0.152 e. The summed E-state index contributed by atoms with van der Waals surface area (Å²) in [6.45, 7) is 0. The molecule has 0 aliphatic heterocycles. The van der Waals surface area contributed by atoms with Crippen molar-refractivity contribution in [3.05, 3.63) is 46.6 Å². The van der Waals surface area contributed by atoms with Crippen molar-refractivity contribution in [1.82, 2.24) is 9.97 Å². The van der Waals surface area contributed by atoms with Crippen LogP contribution in [0.25, 0.3) is 0 Å². The van der Waals surface area contributed by atoms with Crippen LogP contribution in [0, 0.1) is 17.5 Å². The zero-order chi connectivity index (χ0) is 12.4. The van der Waals surface area contributed by atoms with E-state index < -0.39 is 23.1 Å². The van der Waals surface area contributed by atoms with E-state index in [1.54, 1.807) is 0 Å². The highest BCUT2D eigenvalue weighted by Gasteiger charge is 2.13. The molecule has 0 saturated carbocycles. The zero-order valence-corrected chi connectivity index (χ0v) is 9.80. The summed E-state index contributed by atoms with van der Waals surface area (Å²) in [5.74, 6) is -2.86. The van der Waals surface area contributed by atoms with Crippen LogP contribution < -0.4 is 5.32 Å². The van der Waals surface area contributed by atoms with Crippen LogP contribution in [0.4, 0.5) is 24.7 Å². The lowest BCUT2D eigenvalue weighted by atomic mass is 10.2. The van der Waals surface area contributed by atoms with E-state index in [9.17, 15) is 13.2 Å². The molecule has 2 aromatic rings. The van der Waals surface area contributed by atoms with E-state index in [0.29, 0.717) is 16.6 Å². The van der Waals surface area contributed by atoms with Crippen molar-refractivity contribution >= 4 is 27.4 Å². The Bertz CT molecular complexity index is 539. The van der Waals surface area contributed by atoms with Gasteiger partial charge in [0, 0.05) is 18.3 Å². The topological polar surface area (TPSA) is 37.8 Å². The van der Waals surface area contributed by atoms with Gasteiger partial charge in [-0.1, -0.05) is 0 Å². The molecule has 1 N–H and O–H groups in total.